The van der Waals surface area contributed by atoms with Crippen LogP contribution in [0.4, 0.5) is 0 Å². The van der Waals surface area contributed by atoms with E-state index in [0.29, 0.717) is 0 Å². The van der Waals surface area contributed by atoms with E-state index in [-0.39, 0.29) is 0 Å². The molecule has 0 bridgehead atoms. The zero-order valence-electron chi connectivity index (χ0n) is 6.07. The summed E-state index contributed by atoms with van der Waals surface area (Å²) in [5.41, 5.74) is 3.09. The van der Waals surface area contributed by atoms with E-state index in [9.17, 15) is 0 Å². The van der Waals surface area contributed by atoms with Gasteiger partial charge in [-0.2, -0.15) is 0 Å². The molecule has 0 aromatic heterocycles. The average molecular weight is 120 g/mol. The van der Waals surface area contributed by atoms with Crippen molar-refractivity contribution in [3.63, 3.8) is 0 Å². The lowest BCUT2D eigenvalue weighted by atomic mass is 9.99. The summed E-state index contributed by atoms with van der Waals surface area (Å²) in [5.74, 6) is 2.53. The van der Waals surface area contributed by atoms with Crippen LogP contribution in [0.1, 0.15) is 26.7 Å². The van der Waals surface area contributed by atoms with Crippen LogP contribution in [0.5, 0.6) is 0 Å². The van der Waals surface area contributed by atoms with Crippen molar-refractivity contribution in [2.24, 2.45) is 28.1 Å². The lowest BCUT2D eigenvalue weighted by molar-refractivity contribution is 0.428. The fraction of sp³-hybridized carbons (Fsp3) is 1.00. The first-order valence-electron chi connectivity index (χ1n) is 4.31. The Kier molecular flexibility index (Phi) is 0.258. The van der Waals surface area contributed by atoms with Crippen molar-refractivity contribution in [3.05, 3.63) is 0 Å². The predicted octanol–water partition coefficient (Wildman–Crippen LogP) is 2.05. The molecule has 2 atom stereocenters. The molecule has 0 N–H and O–H groups in total. The smallest absolute Gasteiger partial charge is 0.00931 e. The van der Waals surface area contributed by atoms with Crippen molar-refractivity contribution in [2.75, 3.05) is 0 Å². The van der Waals surface area contributed by atoms with Gasteiger partial charge in [0, 0.05) is 0 Å². The summed E-state index contributed by atoms with van der Waals surface area (Å²) < 4.78 is 0. The number of hydrogen-bond acceptors (Lipinski definition) is 0. The molecule has 5 rings (SSSR count). The van der Waals surface area contributed by atoms with Crippen molar-refractivity contribution < 1.29 is 0 Å². The quantitative estimate of drug-likeness (QED) is 0.523. The fourth-order valence-corrected chi connectivity index (χ4v) is 4.74. The highest BCUT2D eigenvalue weighted by molar-refractivity contribution is 5.85. The van der Waals surface area contributed by atoms with E-state index in [0.717, 1.165) is 16.2 Å². The maximum absolute atomic E-state index is 2.50. The zero-order valence-corrected chi connectivity index (χ0v) is 6.07. The minimum Gasteiger partial charge on any atom is -0.0654 e. The van der Waals surface area contributed by atoms with Crippen molar-refractivity contribution in [2.45, 2.75) is 26.7 Å². The van der Waals surface area contributed by atoms with Crippen LogP contribution in [0.15, 0.2) is 0 Å². The molecular formula is C9H12. The third-order valence-electron chi connectivity index (χ3n) is 5.17. The summed E-state index contributed by atoms with van der Waals surface area (Å²) in [5, 5.41) is 0. The van der Waals surface area contributed by atoms with E-state index in [1.807, 2.05) is 0 Å². The first kappa shape index (κ1) is 4.00. The van der Waals surface area contributed by atoms with Crippen LogP contribution in [-0.2, 0) is 0 Å². The molecule has 0 heteroatoms. The molecular weight excluding hydrogens is 108 g/mol. The molecule has 5 fully saturated rings. The van der Waals surface area contributed by atoms with Crippen LogP contribution < -0.4 is 0 Å². The second kappa shape index (κ2) is 0.580. The van der Waals surface area contributed by atoms with E-state index >= 15 is 0 Å². The van der Waals surface area contributed by atoms with Crippen LogP contribution in [0, 0.1) is 28.1 Å². The summed E-state index contributed by atoms with van der Waals surface area (Å²) in [4.78, 5) is 0. The van der Waals surface area contributed by atoms with Crippen LogP contribution >= 0.6 is 0 Å². The Hall–Kier alpha value is 0. The van der Waals surface area contributed by atoms with E-state index in [1.165, 1.54) is 18.3 Å². The molecule has 0 nitrogen and oxygen atoms in total. The zero-order chi connectivity index (χ0) is 6.07. The molecule has 5 aliphatic rings. The first-order chi connectivity index (χ1) is 4.31. The normalized spacial score (nSPS) is 91.3. The van der Waals surface area contributed by atoms with Crippen LogP contribution in [0.2, 0.25) is 0 Å². The van der Waals surface area contributed by atoms with Crippen LogP contribution in [0.25, 0.3) is 0 Å². The van der Waals surface area contributed by atoms with E-state index < -0.39 is 0 Å². The average Bonchev–Trinajstić information content (AvgIpc) is 2.57. The molecule has 2 unspecified atom stereocenters. The van der Waals surface area contributed by atoms with Crippen molar-refractivity contribution in [3.8, 4) is 0 Å². The fourth-order valence-electron chi connectivity index (χ4n) is 4.74. The van der Waals surface area contributed by atoms with Gasteiger partial charge in [-0.15, -0.1) is 0 Å². The van der Waals surface area contributed by atoms with Gasteiger partial charge in [0.15, 0.2) is 0 Å². The number of hydrogen-bond donors (Lipinski definition) is 0. The Bertz CT molecular complexity index is 224. The second-order valence-electron chi connectivity index (χ2n) is 4.71. The van der Waals surface area contributed by atoms with Crippen molar-refractivity contribution >= 4 is 0 Å². The molecule has 0 amide bonds. The summed E-state index contributed by atoms with van der Waals surface area (Å²) in [7, 11) is 0. The van der Waals surface area contributed by atoms with Crippen molar-refractivity contribution in [1.82, 2.24) is 0 Å². The molecule has 0 heterocycles. The minimum atomic E-state index is 0.986. The second-order valence-corrected chi connectivity index (χ2v) is 4.71. The minimum absolute atomic E-state index is 0.986. The molecule has 9 heavy (non-hydrogen) atoms. The van der Waals surface area contributed by atoms with Crippen LogP contribution in [-0.4, -0.2) is 0 Å². The van der Waals surface area contributed by atoms with Gasteiger partial charge in [0.25, 0.3) is 0 Å². The van der Waals surface area contributed by atoms with E-state index in [1.54, 1.807) is 6.42 Å². The van der Waals surface area contributed by atoms with Gasteiger partial charge in [-0.3, -0.25) is 0 Å². The van der Waals surface area contributed by atoms with E-state index in [4.69, 9.17) is 0 Å². The Labute approximate surface area is 55.6 Å². The van der Waals surface area contributed by atoms with Gasteiger partial charge in [0.2, 0.25) is 0 Å². The topological polar surface area (TPSA) is 0 Å². The molecule has 2 spiro atoms. The molecule has 0 aliphatic heterocycles. The van der Waals surface area contributed by atoms with Gasteiger partial charge in [-0.05, 0) is 34.5 Å². The highest BCUT2D eigenvalue weighted by atomic mass is 15.4. The lowest BCUT2D eigenvalue weighted by Crippen LogP contribution is -1.99. The summed E-state index contributed by atoms with van der Waals surface area (Å²) in [6.07, 6.45) is 2.98. The summed E-state index contributed by atoms with van der Waals surface area (Å²) in [6, 6.07) is 0. The third-order valence-corrected chi connectivity index (χ3v) is 5.17. The largest absolute Gasteiger partial charge is 0.0654 e. The van der Waals surface area contributed by atoms with Gasteiger partial charge in [-0.25, -0.2) is 0 Å². The monoisotopic (exact) mass is 120 g/mol. The Morgan fingerprint density at radius 2 is 1.89 bits per heavy atom. The van der Waals surface area contributed by atoms with Crippen molar-refractivity contribution in [1.29, 1.82) is 0 Å². The highest BCUT2D eigenvalue weighted by Gasteiger charge is 3.40. The van der Waals surface area contributed by atoms with Gasteiger partial charge in [0.05, 0.1) is 0 Å². The Balaban J connectivity index is 1.65. The molecule has 5 saturated carbocycles. The number of rotatable bonds is 2. The SMILES string of the molecule is CCCC1C23C4C2(C)C143. The van der Waals surface area contributed by atoms with Gasteiger partial charge in [-0.1, -0.05) is 20.3 Å². The van der Waals surface area contributed by atoms with Gasteiger partial charge < -0.3 is 0 Å². The Morgan fingerprint density at radius 1 is 1.33 bits per heavy atom. The predicted molar refractivity (Wildman–Crippen MR) is 34.9 cm³/mol. The standard InChI is InChI=1S/C9H12/c1-3-4-5-8-6-7(8,2)9(5,6)8/h5-6H,3-4H2,1-2H3. The maximum Gasteiger partial charge on any atom is -0.00931 e. The summed E-state index contributed by atoms with van der Waals surface area (Å²) >= 11 is 0. The highest BCUT2D eigenvalue weighted by Crippen LogP contribution is 3.42. The molecule has 48 valence electrons. The molecule has 5 aliphatic carbocycles. The first-order valence-corrected chi connectivity index (χ1v) is 4.31. The van der Waals surface area contributed by atoms with Gasteiger partial charge >= 0.3 is 0 Å². The summed E-state index contributed by atoms with van der Waals surface area (Å²) in [6.45, 7) is 4.83. The molecule has 0 aromatic carbocycles. The van der Waals surface area contributed by atoms with Crippen LogP contribution in [0.3, 0.4) is 0 Å². The molecule has 0 saturated heterocycles. The van der Waals surface area contributed by atoms with Gasteiger partial charge in [0.1, 0.15) is 0 Å². The lowest BCUT2D eigenvalue weighted by Gasteiger charge is -2.05. The molecule has 0 radical (unpaired) electrons. The Morgan fingerprint density at radius 3 is 2.22 bits per heavy atom. The maximum atomic E-state index is 2.50. The third kappa shape index (κ3) is 0.115. The van der Waals surface area contributed by atoms with E-state index in [2.05, 4.69) is 13.8 Å². The molecule has 0 aromatic rings.